The van der Waals surface area contributed by atoms with Crippen molar-refractivity contribution in [1.82, 2.24) is 0 Å². The molecule has 4 nitrogen and oxygen atoms in total. The van der Waals surface area contributed by atoms with Gasteiger partial charge in [-0.25, -0.2) is 0 Å². The van der Waals surface area contributed by atoms with E-state index in [-0.39, 0.29) is 24.4 Å². The Hall–Kier alpha value is -1.10. The molecule has 1 aromatic carbocycles. The zero-order valence-corrected chi connectivity index (χ0v) is 11.8. The molecule has 1 aromatic rings. The zero-order valence-electron chi connectivity index (χ0n) is 11.0. The maximum atomic E-state index is 10.9. The third-order valence-corrected chi connectivity index (χ3v) is 3.28. The molecule has 5 heteroatoms. The van der Waals surface area contributed by atoms with Gasteiger partial charge in [0.05, 0.1) is 0 Å². The molecule has 19 heavy (non-hydrogen) atoms. The number of nitrogens with two attached hydrogens (primary N) is 1. The molecule has 0 spiro atoms. The maximum Gasteiger partial charge on any atom is 0.308 e. The van der Waals surface area contributed by atoms with E-state index in [4.69, 9.17) is 15.2 Å². The summed E-state index contributed by atoms with van der Waals surface area (Å²) >= 11 is 0. The summed E-state index contributed by atoms with van der Waals surface area (Å²) in [5.74, 6) is 0.681. The van der Waals surface area contributed by atoms with Crippen LogP contribution in [0.1, 0.15) is 31.4 Å². The third-order valence-electron chi connectivity index (χ3n) is 3.28. The van der Waals surface area contributed by atoms with Crippen LogP contribution in [0.15, 0.2) is 24.3 Å². The quantitative estimate of drug-likeness (QED) is 0.684. The Morgan fingerprint density at radius 1 is 1.42 bits per heavy atom. The average Bonchev–Trinajstić information content (AvgIpc) is 2.38. The Bertz CT molecular complexity index is 419. The minimum Gasteiger partial charge on any atom is -0.427 e. The second kappa shape index (κ2) is 7.48. The highest BCUT2D eigenvalue weighted by atomic mass is 35.5. The molecule has 0 saturated carbocycles. The van der Waals surface area contributed by atoms with Crippen LogP contribution in [0.4, 0.5) is 0 Å². The number of hydrogen-bond donors (Lipinski definition) is 1. The smallest absolute Gasteiger partial charge is 0.308 e. The average molecular weight is 286 g/mol. The summed E-state index contributed by atoms with van der Waals surface area (Å²) in [6, 6.07) is 7.44. The van der Waals surface area contributed by atoms with Crippen molar-refractivity contribution in [2.24, 2.45) is 11.7 Å². The van der Waals surface area contributed by atoms with Gasteiger partial charge < -0.3 is 15.2 Å². The van der Waals surface area contributed by atoms with Gasteiger partial charge in [0.1, 0.15) is 5.75 Å². The highest BCUT2D eigenvalue weighted by molar-refractivity contribution is 5.85. The van der Waals surface area contributed by atoms with Crippen molar-refractivity contribution in [2.75, 3.05) is 13.2 Å². The predicted molar refractivity (Wildman–Crippen MR) is 75.5 cm³/mol. The van der Waals surface area contributed by atoms with Crippen LogP contribution in [-0.4, -0.2) is 19.2 Å². The molecule has 1 fully saturated rings. The van der Waals surface area contributed by atoms with E-state index in [2.05, 4.69) is 0 Å². The Morgan fingerprint density at radius 2 is 2.11 bits per heavy atom. The molecule has 2 N–H and O–H groups in total. The number of benzene rings is 1. The SMILES string of the molecule is CC(=O)Oc1cccc([C@@H](N)C2CCOCC2)c1.Cl. The largest absolute Gasteiger partial charge is 0.427 e. The Kier molecular flexibility index (Phi) is 6.28. The first-order chi connectivity index (χ1) is 8.66. The second-order valence-corrected chi connectivity index (χ2v) is 4.64. The van der Waals surface area contributed by atoms with E-state index in [1.165, 1.54) is 6.92 Å². The second-order valence-electron chi connectivity index (χ2n) is 4.64. The molecule has 0 amide bonds. The molecule has 1 saturated heterocycles. The first-order valence-electron chi connectivity index (χ1n) is 6.28. The molecule has 0 aliphatic carbocycles. The van der Waals surface area contributed by atoms with Gasteiger partial charge in [0.2, 0.25) is 0 Å². The van der Waals surface area contributed by atoms with Crippen molar-refractivity contribution in [3.8, 4) is 5.75 Å². The van der Waals surface area contributed by atoms with Gasteiger partial charge in [-0.1, -0.05) is 12.1 Å². The molecule has 2 rings (SSSR count). The fourth-order valence-electron chi connectivity index (χ4n) is 2.30. The maximum absolute atomic E-state index is 10.9. The van der Waals surface area contributed by atoms with Crippen molar-refractivity contribution >= 4 is 18.4 Å². The van der Waals surface area contributed by atoms with E-state index in [1.807, 2.05) is 18.2 Å². The van der Waals surface area contributed by atoms with Gasteiger partial charge in [-0.3, -0.25) is 4.79 Å². The Balaban J connectivity index is 0.00000180. The number of ether oxygens (including phenoxy) is 2. The van der Waals surface area contributed by atoms with Gasteiger partial charge >= 0.3 is 5.97 Å². The molecule has 0 radical (unpaired) electrons. The fraction of sp³-hybridized carbons (Fsp3) is 0.500. The zero-order chi connectivity index (χ0) is 13.0. The lowest BCUT2D eigenvalue weighted by molar-refractivity contribution is -0.131. The molecule has 1 atom stereocenters. The van der Waals surface area contributed by atoms with Gasteiger partial charge in [-0.2, -0.15) is 0 Å². The van der Waals surface area contributed by atoms with Gasteiger partial charge in [-0.15, -0.1) is 12.4 Å². The first kappa shape index (κ1) is 16.0. The summed E-state index contributed by atoms with van der Waals surface area (Å²) in [7, 11) is 0. The lowest BCUT2D eigenvalue weighted by Crippen LogP contribution is -2.27. The Labute approximate surface area is 119 Å². The van der Waals surface area contributed by atoms with E-state index in [1.54, 1.807) is 6.07 Å². The van der Waals surface area contributed by atoms with Gasteiger partial charge in [0.15, 0.2) is 0 Å². The minimum atomic E-state index is -0.313. The van der Waals surface area contributed by atoms with Crippen LogP contribution in [0.5, 0.6) is 5.75 Å². The lowest BCUT2D eigenvalue weighted by Gasteiger charge is -2.28. The molecular weight excluding hydrogens is 266 g/mol. The summed E-state index contributed by atoms with van der Waals surface area (Å²) in [5.41, 5.74) is 7.29. The number of hydrogen-bond acceptors (Lipinski definition) is 4. The summed E-state index contributed by atoms with van der Waals surface area (Å²) in [4.78, 5) is 10.9. The molecule has 0 aromatic heterocycles. The highest BCUT2D eigenvalue weighted by Crippen LogP contribution is 2.29. The number of halogens is 1. The van der Waals surface area contributed by atoms with Crippen LogP contribution in [0.25, 0.3) is 0 Å². The first-order valence-corrected chi connectivity index (χ1v) is 6.28. The fourth-order valence-corrected chi connectivity index (χ4v) is 2.30. The van der Waals surface area contributed by atoms with Crippen LogP contribution < -0.4 is 10.5 Å². The van der Waals surface area contributed by atoms with Crippen molar-refractivity contribution in [2.45, 2.75) is 25.8 Å². The topological polar surface area (TPSA) is 61.5 Å². The molecule has 1 heterocycles. The van der Waals surface area contributed by atoms with E-state index < -0.39 is 0 Å². The minimum absolute atomic E-state index is 0. The molecule has 1 aliphatic heterocycles. The normalized spacial score (nSPS) is 17.4. The predicted octanol–water partition coefficient (Wildman–Crippen LogP) is 2.46. The van der Waals surface area contributed by atoms with Crippen LogP contribution in [0.3, 0.4) is 0 Å². The van der Waals surface area contributed by atoms with Crippen LogP contribution in [-0.2, 0) is 9.53 Å². The highest BCUT2D eigenvalue weighted by Gasteiger charge is 2.22. The van der Waals surface area contributed by atoms with Gasteiger partial charge in [-0.05, 0) is 36.5 Å². The Morgan fingerprint density at radius 3 is 2.74 bits per heavy atom. The van der Waals surface area contributed by atoms with Gasteiger partial charge in [0.25, 0.3) is 0 Å². The lowest BCUT2D eigenvalue weighted by atomic mass is 9.88. The molecular formula is C14H20ClNO3. The van der Waals surface area contributed by atoms with Crippen molar-refractivity contribution in [3.63, 3.8) is 0 Å². The number of esters is 1. The van der Waals surface area contributed by atoms with Crippen molar-refractivity contribution in [1.29, 1.82) is 0 Å². The summed E-state index contributed by atoms with van der Waals surface area (Å²) in [5, 5.41) is 0. The molecule has 1 aliphatic rings. The van der Waals surface area contributed by atoms with Crippen LogP contribution >= 0.6 is 12.4 Å². The van der Waals surface area contributed by atoms with E-state index in [9.17, 15) is 4.79 Å². The number of carbonyl (C=O) groups is 1. The monoisotopic (exact) mass is 285 g/mol. The van der Waals surface area contributed by atoms with Crippen LogP contribution in [0, 0.1) is 5.92 Å². The summed E-state index contributed by atoms with van der Waals surface area (Å²) < 4.78 is 10.4. The third kappa shape index (κ3) is 4.49. The van der Waals surface area contributed by atoms with Crippen molar-refractivity contribution < 1.29 is 14.3 Å². The van der Waals surface area contributed by atoms with E-state index in [0.717, 1.165) is 31.6 Å². The van der Waals surface area contributed by atoms with E-state index >= 15 is 0 Å². The summed E-state index contributed by atoms with van der Waals surface area (Å²) in [6.45, 7) is 2.95. The molecule has 0 unspecified atom stereocenters. The summed E-state index contributed by atoms with van der Waals surface area (Å²) in [6.07, 6.45) is 1.97. The van der Waals surface area contributed by atoms with Gasteiger partial charge in [0, 0.05) is 26.2 Å². The molecule has 106 valence electrons. The van der Waals surface area contributed by atoms with Crippen molar-refractivity contribution in [3.05, 3.63) is 29.8 Å². The standard InChI is InChI=1S/C14H19NO3.ClH/c1-10(16)18-13-4-2-3-12(9-13)14(15)11-5-7-17-8-6-11;/h2-4,9,11,14H,5-8,15H2,1H3;1H/t14-;/m0./s1. The number of carbonyl (C=O) groups excluding carboxylic acids is 1. The van der Waals surface area contributed by atoms with Crippen LogP contribution in [0.2, 0.25) is 0 Å². The molecule has 0 bridgehead atoms. The van der Waals surface area contributed by atoms with E-state index in [0.29, 0.717) is 11.7 Å². The number of rotatable bonds is 3.